The highest BCUT2D eigenvalue weighted by molar-refractivity contribution is 6.21. The van der Waals surface area contributed by atoms with Crippen molar-refractivity contribution in [3.8, 4) is 34.4 Å². The van der Waals surface area contributed by atoms with Crippen LogP contribution in [0.1, 0.15) is 0 Å². The third kappa shape index (κ3) is 1.91. The minimum absolute atomic E-state index is 0.214. The Morgan fingerprint density at radius 1 is 0.500 bits per heavy atom. The molecule has 5 rings (SSSR count). The number of benzene rings is 4. The van der Waals surface area contributed by atoms with Gasteiger partial charge in [0.25, 0.3) is 0 Å². The highest BCUT2D eigenvalue weighted by atomic mass is 16.4. The van der Waals surface area contributed by atoms with E-state index >= 15 is 0 Å². The summed E-state index contributed by atoms with van der Waals surface area (Å²) in [5.74, 6) is -4.26. The van der Waals surface area contributed by atoms with E-state index in [-0.39, 0.29) is 5.69 Å². The summed E-state index contributed by atoms with van der Waals surface area (Å²) in [7, 11) is 0. The summed E-state index contributed by atoms with van der Waals surface area (Å²) in [4.78, 5) is 0. The molecule has 6 heteroatoms. The van der Waals surface area contributed by atoms with Crippen LogP contribution in [0, 0.1) is 0 Å². The van der Waals surface area contributed by atoms with Crippen molar-refractivity contribution in [1.29, 1.82) is 0 Å². The molecule has 0 aliphatic rings. The molecule has 0 radical (unpaired) electrons. The molecule has 0 fully saturated rings. The highest BCUT2D eigenvalue weighted by Crippen LogP contribution is 2.54. The Kier molecular flexibility index (Phi) is 3.15. The molecule has 0 aliphatic carbocycles. The lowest BCUT2D eigenvalue weighted by atomic mass is 10.0. The lowest BCUT2D eigenvalue weighted by Gasteiger charge is -2.15. The zero-order valence-corrected chi connectivity index (χ0v) is 14.5. The molecule has 0 aliphatic heterocycles. The van der Waals surface area contributed by atoms with Gasteiger partial charge >= 0.3 is 0 Å². The zero-order chi connectivity index (χ0) is 19.6. The lowest BCUT2D eigenvalue weighted by molar-refractivity contribution is 0.327. The first-order valence-corrected chi connectivity index (χ1v) is 8.60. The van der Waals surface area contributed by atoms with E-state index in [9.17, 15) is 25.5 Å². The quantitative estimate of drug-likeness (QED) is 0.220. The topological polar surface area (TPSA) is 106 Å². The first-order chi connectivity index (χ1) is 13.5. The van der Waals surface area contributed by atoms with Gasteiger partial charge in [-0.05, 0) is 22.9 Å². The summed E-state index contributed by atoms with van der Waals surface area (Å²) in [6.45, 7) is 0. The molecule has 0 amide bonds. The summed E-state index contributed by atoms with van der Waals surface area (Å²) in [6.07, 6.45) is 0. The first kappa shape index (κ1) is 16.1. The maximum Gasteiger partial charge on any atom is 0.208 e. The van der Waals surface area contributed by atoms with Crippen LogP contribution >= 0.6 is 0 Å². The van der Waals surface area contributed by atoms with Gasteiger partial charge in [-0.15, -0.1) is 0 Å². The van der Waals surface area contributed by atoms with Gasteiger partial charge in [0.2, 0.25) is 17.2 Å². The van der Waals surface area contributed by atoms with Gasteiger partial charge in [-0.25, -0.2) is 0 Å². The van der Waals surface area contributed by atoms with Crippen molar-refractivity contribution in [2.75, 3.05) is 0 Å². The molecule has 1 aromatic heterocycles. The predicted molar refractivity (Wildman–Crippen MR) is 107 cm³/mol. The van der Waals surface area contributed by atoms with Crippen LogP contribution in [0.3, 0.4) is 0 Å². The first-order valence-electron chi connectivity index (χ1n) is 8.60. The van der Waals surface area contributed by atoms with E-state index in [0.29, 0.717) is 11.0 Å². The van der Waals surface area contributed by atoms with Crippen LogP contribution in [-0.4, -0.2) is 30.1 Å². The normalized spacial score (nSPS) is 11.6. The van der Waals surface area contributed by atoms with Crippen molar-refractivity contribution in [1.82, 2.24) is 4.57 Å². The fourth-order valence-corrected chi connectivity index (χ4v) is 3.86. The molecule has 6 nitrogen and oxygen atoms in total. The van der Waals surface area contributed by atoms with Gasteiger partial charge in [0, 0.05) is 10.8 Å². The minimum Gasteiger partial charge on any atom is -0.503 e. The summed E-state index contributed by atoms with van der Waals surface area (Å²) >= 11 is 0. The summed E-state index contributed by atoms with van der Waals surface area (Å²) < 4.78 is 1.56. The fraction of sp³-hybridized carbons (Fsp3) is 0. The molecule has 0 bridgehead atoms. The smallest absolute Gasteiger partial charge is 0.208 e. The van der Waals surface area contributed by atoms with Crippen LogP contribution in [0.2, 0.25) is 0 Å². The standard InChI is InChI=1S/C22H15NO5/c24-18-17(19(25)21(27)22(28)20(18)26)23-14-8-4-3-7-13(14)16-12-6-2-1-5-11(12)9-10-15(16)23/h1-10,24-28H. The summed E-state index contributed by atoms with van der Waals surface area (Å²) in [5.41, 5.74) is 1.10. The number of hydrogen-bond acceptors (Lipinski definition) is 5. The molecule has 0 atom stereocenters. The van der Waals surface area contributed by atoms with Crippen molar-refractivity contribution in [3.05, 3.63) is 60.7 Å². The molecule has 5 aromatic rings. The molecule has 28 heavy (non-hydrogen) atoms. The maximum atomic E-state index is 10.5. The molecule has 1 heterocycles. The van der Waals surface area contributed by atoms with Crippen LogP contribution in [0.25, 0.3) is 38.3 Å². The maximum absolute atomic E-state index is 10.5. The average molecular weight is 373 g/mol. The Balaban J connectivity index is 2.07. The Morgan fingerprint density at radius 3 is 1.79 bits per heavy atom. The largest absolute Gasteiger partial charge is 0.503 e. The van der Waals surface area contributed by atoms with E-state index in [1.54, 1.807) is 4.57 Å². The average Bonchev–Trinajstić information content (AvgIpc) is 3.06. The van der Waals surface area contributed by atoms with Gasteiger partial charge in [-0.3, -0.25) is 0 Å². The van der Waals surface area contributed by atoms with E-state index < -0.39 is 28.7 Å². The third-order valence-electron chi connectivity index (χ3n) is 5.13. The number of nitrogens with zero attached hydrogens (tertiary/aromatic N) is 1. The van der Waals surface area contributed by atoms with Crippen LogP contribution < -0.4 is 0 Å². The van der Waals surface area contributed by atoms with Crippen molar-refractivity contribution in [2.45, 2.75) is 0 Å². The lowest BCUT2D eigenvalue weighted by Crippen LogP contribution is -1.96. The van der Waals surface area contributed by atoms with Crippen molar-refractivity contribution < 1.29 is 25.5 Å². The minimum atomic E-state index is -0.982. The second-order valence-electron chi connectivity index (χ2n) is 6.63. The molecule has 0 spiro atoms. The zero-order valence-electron chi connectivity index (χ0n) is 14.5. The van der Waals surface area contributed by atoms with Crippen molar-refractivity contribution in [2.24, 2.45) is 0 Å². The van der Waals surface area contributed by atoms with Crippen molar-refractivity contribution >= 4 is 32.6 Å². The molecule has 4 aromatic carbocycles. The SMILES string of the molecule is Oc1c(O)c(O)c(-n2c3ccccc3c3c4ccccc4ccc32)c(O)c1O. The monoisotopic (exact) mass is 373 g/mol. The van der Waals surface area contributed by atoms with Gasteiger partial charge in [0.15, 0.2) is 11.5 Å². The number of phenols is 5. The molecule has 5 N–H and O–H groups in total. The number of fused-ring (bicyclic) bond motifs is 5. The number of rotatable bonds is 1. The Morgan fingerprint density at radius 2 is 1.07 bits per heavy atom. The molecule has 0 saturated carbocycles. The fourth-order valence-electron chi connectivity index (χ4n) is 3.86. The number of para-hydroxylation sites is 1. The number of aromatic hydroxyl groups is 5. The van der Waals surface area contributed by atoms with Gasteiger partial charge in [-0.2, -0.15) is 0 Å². The molecule has 138 valence electrons. The molecule has 0 saturated heterocycles. The Bertz CT molecular complexity index is 1390. The van der Waals surface area contributed by atoms with Crippen LogP contribution in [0.5, 0.6) is 28.7 Å². The Hall–Kier alpha value is -4.06. The van der Waals surface area contributed by atoms with Gasteiger partial charge in [-0.1, -0.05) is 48.5 Å². The Labute approximate surface area is 158 Å². The van der Waals surface area contributed by atoms with Crippen LogP contribution in [0.15, 0.2) is 60.7 Å². The van der Waals surface area contributed by atoms with E-state index in [1.165, 1.54) is 0 Å². The molecular weight excluding hydrogens is 358 g/mol. The summed E-state index contributed by atoms with van der Waals surface area (Å²) in [6, 6.07) is 19.1. The predicted octanol–water partition coefficient (Wildman–Crippen LogP) is 4.46. The molecular formula is C22H15NO5. The highest BCUT2D eigenvalue weighted by Gasteiger charge is 2.27. The van der Waals surface area contributed by atoms with E-state index in [0.717, 1.165) is 21.5 Å². The van der Waals surface area contributed by atoms with Crippen LogP contribution in [-0.2, 0) is 0 Å². The van der Waals surface area contributed by atoms with Gasteiger partial charge in [0.05, 0.1) is 11.0 Å². The second kappa shape index (κ2) is 5.47. The van der Waals surface area contributed by atoms with E-state index in [1.807, 2.05) is 60.7 Å². The van der Waals surface area contributed by atoms with E-state index in [4.69, 9.17) is 0 Å². The second-order valence-corrected chi connectivity index (χ2v) is 6.63. The van der Waals surface area contributed by atoms with Crippen LogP contribution in [0.4, 0.5) is 0 Å². The van der Waals surface area contributed by atoms with E-state index in [2.05, 4.69) is 0 Å². The van der Waals surface area contributed by atoms with Gasteiger partial charge < -0.3 is 30.1 Å². The molecule has 0 unspecified atom stereocenters. The van der Waals surface area contributed by atoms with Gasteiger partial charge in [0.1, 0.15) is 5.69 Å². The van der Waals surface area contributed by atoms with Crippen molar-refractivity contribution in [3.63, 3.8) is 0 Å². The number of hydrogen-bond donors (Lipinski definition) is 5. The third-order valence-corrected chi connectivity index (χ3v) is 5.13. The summed E-state index contributed by atoms with van der Waals surface area (Å²) in [5, 5.41) is 54.5. The number of phenolic OH excluding ortho intramolecular Hbond substituents is 5. The number of aromatic nitrogens is 1.